The van der Waals surface area contributed by atoms with E-state index in [2.05, 4.69) is 29.6 Å². The fourth-order valence-corrected chi connectivity index (χ4v) is 3.21. The molecule has 1 nitrogen and oxygen atoms in total. The van der Waals surface area contributed by atoms with Crippen molar-refractivity contribution in [1.29, 1.82) is 0 Å². The maximum absolute atomic E-state index is 3.54. The molecule has 1 N–H and O–H groups in total. The van der Waals surface area contributed by atoms with Crippen LogP contribution in [0.5, 0.6) is 0 Å². The molecule has 1 aromatic rings. The second kappa shape index (κ2) is 3.97. The van der Waals surface area contributed by atoms with Gasteiger partial charge in [-0.25, -0.2) is 0 Å². The van der Waals surface area contributed by atoms with Crippen molar-refractivity contribution in [1.82, 2.24) is 5.32 Å². The molecule has 0 amide bonds. The molecule has 1 fully saturated rings. The highest BCUT2D eigenvalue weighted by atomic mass is 14.9. The molecule has 1 heterocycles. The van der Waals surface area contributed by atoms with Gasteiger partial charge in [-0.15, -0.1) is 0 Å². The fourth-order valence-electron chi connectivity index (χ4n) is 3.21. The zero-order valence-corrected chi connectivity index (χ0v) is 9.21. The third-order valence-corrected chi connectivity index (χ3v) is 4.08. The first-order valence-electron chi connectivity index (χ1n) is 6.21. The summed E-state index contributed by atoms with van der Waals surface area (Å²) in [4.78, 5) is 0. The summed E-state index contributed by atoms with van der Waals surface area (Å²) < 4.78 is 0. The van der Waals surface area contributed by atoms with Crippen molar-refractivity contribution in [3.63, 3.8) is 0 Å². The van der Waals surface area contributed by atoms with Crippen molar-refractivity contribution in [2.75, 3.05) is 13.1 Å². The minimum atomic E-state index is 0.912. The molecule has 1 aliphatic heterocycles. The van der Waals surface area contributed by atoms with E-state index in [1.54, 1.807) is 11.1 Å². The maximum Gasteiger partial charge on any atom is -0.00176 e. The Hall–Kier alpha value is -0.820. The van der Waals surface area contributed by atoms with Crippen LogP contribution >= 0.6 is 0 Å². The average Bonchev–Trinajstić information content (AvgIpc) is 2.74. The Morgan fingerprint density at radius 1 is 1.00 bits per heavy atom. The average molecular weight is 201 g/mol. The first-order valence-corrected chi connectivity index (χ1v) is 6.21. The molecule has 1 aliphatic carbocycles. The second-order valence-electron chi connectivity index (χ2n) is 5.04. The normalized spacial score (nSPS) is 26.5. The van der Waals surface area contributed by atoms with E-state index in [9.17, 15) is 0 Å². The van der Waals surface area contributed by atoms with Gasteiger partial charge in [0.25, 0.3) is 0 Å². The summed E-state index contributed by atoms with van der Waals surface area (Å²) in [5, 5.41) is 3.54. The van der Waals surface area contributed by atoms with E-state index >= 15 is 0 Å². The largest absolute Gasteiger partial charge is 0.316 e. The van der Waals surface area contributed by atoms with Crippen molar-refractivity contribution >= 4 is 0 Å². The van der Waals surface area contributed by atoms with Gasteiger partial charge in [0.2, 0.25) is 0 Å². The molecule has 15 heavy (non-hydrogen) atoms. The summed E-state index contributed by atoms with van der Waals surface area (Å²) in [6.07, 6.45) is 5.45. The minimum absolute atomic E-state index is 0.912. The van der Waals surface area contributed by atoms with Gasteiger partial charge >= 0.3 is 0 Å². The molecule has 0 bridgehead atoms. The topological polar surface area (TPSA) is 12.0 Å². The number of piperidine rings is 1. The van der Waals surface area contributed by atoms with E-state index < -0.39 is 0 Å². The Morgan fingerprint density at radius 2 is 1.73 bits per heavy atom. The molecule has 3 rings (SSSR count). The number of nitrogens with one attached hydrogen (secondary N) is 1. The van der Waals surface area contributed by atoms with Crippen molar-refractivity contribution in [3.8, 4) is 0 Å². The standard InChI is InChI=1S/C14H19N/c1-2-5-12-9-14(8-11(12)4-1)13-6-3-7-15-10-13/h1-2,4-5,13-15H,3,6-10H2. The minimum Gasteiger partial charge on any atom is -0.316 e. The SMILES string of the molecule is c1ccc2c(c1)CC(C1CCCNC1)C2. The first-order chi connectivity index (χ1) is 7.43. The molecule has 0 aromatic heterocycles. The molecule has 0 saturated carbocycles. The molecular formula is C14H19N. The monoisotopic (exact) mass is 201 g/mol. The van der Waals surface area contributed by atoms with Crippen molar-refractivity contribution in [2.45, 2.75) is 25.7 Å². The van der Waals surface area contributed by atoms with E-state index in [-0.39, 0.29) is 0 Å². The van der Waals surface area contributed by atoms with Crippen LogP contribution in [-0.4, -0.2) is 13.1 Å². The molecule has 1 unspecified atom stereocenters. The van der Waals surface area contributed by atoms with Crippen molar-refractivity contribution in [3.05, 3.63) is 35.4 Å². The number of hydrogen-bond acceptors (Lipinski definition) is 1. The van der Waals surface area contributed by atoms with E-state index in [0.717, 1.165) is 11.8 Å². The number of hydrogen-bond donors (Lipinski definition) is 1. The molecular weight excluding hydrogens is 182 g/mol. The first kappa shape index (κ1) is 9.41. The fraction of sp³-hybridized carbons (Fsp3) is 0.571. The van der Waals surface area contributed by atoms with Gasteiger partial charge in [0, 0.05) is 0 Å². The van der Waals surface area contributed by atoms with Gasteiger partial charge in [-0.1, -0.05) is 24.3 Å². The summed E-state index contributed by atoms with van der Waals surface area (Å²) in [5.41, 5.74) is 3.21. The highest BCUT2D eigenvalue weighted by molar-refractivity contribution is 5.32. The summed E-state index contributed by atoms with van der Waals surface area (Å²) in [7, 11) is 0. The van der Waals surface area contributed by atoms with Gasteiger partial charge in [0.1, 0.15) is 0 Å². The maximum atomic E-state index is 3.54. The molecule has 1 saturated heterocycles. The highest BCUT2D eigenvalue weighted by Crippen LogP contribution is 2.33. The molecule has 1 heteroatoms. The van der Waals surface area contributed by atoms with Gasteiger partial charge in [0.15, 0.2) is 0 Å². The van der Waals surface area contributed by atoms with Crippen LogP contribution in [0.15, 0.2) is 24.3 Å². The van der Waals surface area contributed by atoms with Crippen molar-refractivity contribution in [2.24, 2.45) is 11.8 Å². The predicted octanol–water partition coefficient (Wildman–Crippen LogP) is 2.40. The number of rotatable bonds is 1. The molecule has 80 valence electrons. The predicted molar refractivity (Wildman–Crippen MR) is 62.9 cm³/mol. The lowest BCUT2D eigenvalue weighted by atomic mass is 9.84. The lowest BCUT2D eigenvalue weighted by Gasteiger charge is -2.27. The van der Waals surface area contributed by atoms with E-state index in [4.69, 9.17) is 0 Å². The summed E-state index contributed by atoms with van der Waals surface area (Å²) in [6.45, 7) is 2.48. The molecule has 1 aromatic carbocycles. The van der Waals surface area contributed by atoms with Gasteiger partial charge in [0.05, 0.1) is 0 Å². The van der Waals surface area contributed by atoms with Crippen LogP contribution < -0.4 is 5.32 Å². The van der Waals surface area contributed by atoms with Gasteiger partial charge in [-0.05, 0) is 61.7 Å². The quantitative estimate of drug-likeness (QED) is 0.735. The van der Waals surface area contributed by atoms with E-state index in [0.29, 0.717) is 0 Å². The Balaban J connectivity index is 1.72. The van der Waals surface area contributed by atoms with Crippen LogP contribution in [-0.2, 0) is 12.8 Å². The smallest absolute Gasteiger partial charge is 0.00176 e. The Kier molecular flexibility index (Phi) is 2.49. The van der Waals surface area contributed by atoms with Crippen LogP contribution in [0.3, 0.4) is 0 Å². The van der Waals surface area contributed by atoms with Crippen molar-refractivity contribution < 1.29 is 0 Å². The number of fused-ring (bicyclic) bond motifs is 1. The van der Waals surface area contributed by atoms with Gasteiger partial charge in [-0.2, -0.15) is 0 Å². The van der Waals surface area contributed by atoms with Crippen LogP contribution in [0.2, 0.25) is 0 Å². The highest BCUT2D eigenvalue weighted by Gasteiger charge is 2.28. The summed E-state index contributed by atoms with van der Waals surface area (Å²) in [5.74, 6) is 1.83. The lowest BCUT2D eigenvalue weighted by Crippen LogP contribution is -2.34. The Morgan fingerprint density at radius 3 is 2.33 bits per heavy atom. The van der Waals surface area contributed by atoms with Gasteiger partial charge in [-0.3, -0.25) is 0 Å². The van der Waals surface area contributed by atoms with E-state index in [1.165, 1.54) is 38.8 Å². The van der Waals surface area contributed by atoms with Gasteiger partial charge < -0.3 is 5.32 Å². The molecule has 0 radical (unpaired) electrons. The molecule has 2 aliphatic rings. The lowest BCUT2D eigenvalue weighted by molar-refractivity contribution is 0.271. The zero-order chi connectivity index (χ0) is 10.1. The molecule has 1 atom stereocenters. The zero-order valence-electron chi connectivity index (χ0n) is 9.21. The van der Waals surface area contributed by atoms with Crippen LogP contribution in [0.25, 0.3) is 0 Å². The second-order valence-corrected chi connectivity index (χ2v) is 5.04. The Labute approximate surface area is 91.9 Å². The Bertz CT molecular complexity index is 314. The summed E-state index contributed by atoms with van der Waals surface area (Å²) in [6, 6.07) is 8.98. The third kappa shape index (κ3) is 1.81. The van der Waals surface area contributed by atoms with Crippen LogP contribution in [0.1, 0.15) is 24.0 Å². The summed E-state index contributed by atoms with van der Waals surface area (Å²) >= 11 is 0. The number of benzene rings is 1. The van der Waals surface area contributed by atoms with Crippen LogP contribution in [0.4, 0.5) is 0 Å². The van der Waals surface area contributed by atoms with Crippen LogP contribution in [0, 0.1) is 11.8 Å². The van der Waals surface area contributed by atoms with E-state index in [1.807, 2.05) is 0 Å². The molecule has 0 spiro atoms. The third-order valence-electron chi connectivity index (χ3n) is 4.08.